The molecule has 0 aromatic heterocycles. The minimum atomic E-state index is -1.31. The summed E-state index contributed by atoms with van der Waals surface area (Å²) >= 11 is 0. The molecule has 0 saturated carbocycles. The fraction of sp³-hybridized carbons (Fsp3) is 0.564. The predicted molar refractivity (Wildman–Crippen MR) is 267 cm³/mol. The number of aryl methyl sites for hydroxylation is 1. The molecule has 3 aromatic carbocycles. The number of carbonyl (C=O) groups is 6. The first-order valence-electron chi connectivity index (χ1n) is 25.2. The van der Waals surface area contributed by atoms with Crippen molar-refractivity contribution in [1.29, 1.82) is 0 Å². The molecule has 1 heterocycles. The number of hydrogen-bond donors (Lipinski definition) is 3. The van der Waals surface area contributed by atoms with E-state index in [9.17, 15) is 33.3 Å². The Balaban J connectivity index is 1.40. The molecule has 1 saturated heterocycles. The first-order chi connectivity index (χ1) is 33.2. The summed E-state index contributed by atoms with van der Waals surface area (Å²) in [6.45, 7) is 8.35. The second kappa shape index (κ2) is 27.9. The SMILES string of the molecule is CCC(=O)C1CCCCCC(=O)[C@@H](CCCCCCCCc2ccccc2)C[C@H](NC(=O)OCC2c3ccccc3-c3ccccc32)C(=O)N[C@@H](COC(C)(C)C)C(=O)C[C@@H]([C@@H](C)OP=O)C(=O)N1. The summed E-state index contributed by atoms with van der Waals surface area (Å²) in [6, 6.07) is 23.0. The van der Waals surface area contributed by atoms with E-state index in [0.29, 0.717) is 32.1 Å². The Hall–Kier alpha value is -5.10. The van der Waals surface area contributed by atoms with E-state index in [2.05, 4.69) is 40.2 Å². The minimum absolute atomic E-state index is 0.000350. The number of alkyl carbamates (subject to hydrolysis) is 1. The summed E-state index contributed by atoms with van der Waals surface area (Å²) in [5.74, 6) is -4.14. The number of hydrogen-bond acceptors (Lipinski definition) is 10. The molecule has 6 atom stereocenters. The number of ketones is 3. The van der Waals surface area contributed by atoms with Crippen molar-refractivity contribution in [3.8, 4) is 11.1 Å². The zero-order chi connectivity index (χ0) is 49.8. The van der Waals surface area contributed by atoms with E-state index in [4.69, 9.17) is 14.0 Å². The number of ether oxygens (including phenoxy) is 2. The Labute approximate surface area is 410 Å². The van der Waals surface area contributed by atoms with Crippen LogP contribution < -0.4 is 16.0 Å². The summed E-state index contributed by atoms with van der Waals surface area (Å²) in [5.41, 5.74) is 4.77. The van der Waals surface area contributed by atoms with Crippen LogP contribution in [0.25, 0.3) is 11.1 Å². The van der Waals surface area contributed by atoms with Gasteiger partial charge in [-0.15, -0.1) is 0 Å². The van der Waals surface area contributed by atoms with Gasteiger partial charge in [-0.2, -0.15) is 0 Å². The standard InChI is InChI=1S/C55H74N3O10P/c1-6-49(59)46-31-17-12-18-32-50(60)39(26-16-10-8-7-9-13-23-38-24-14-11-15-25-38)33-47(58-54(64)66-35-45-42-29-21-19-27-40(42)41-28-20-22-30-43(41)45)53(63)57-48(36-67-55(3,4)5)51(61)34-44(52(62)56-46)37(2)68-69-65/h11,14-15,19-22,24-25,27-30,37,39,44-48H,6-10,12-13,16-18,23,26,31-36H2,1-5H3,(H,56,62)(H,57,63)(H,58,64)/t37-,39+,44+,46?,47+,48+/m1/s1. The Morgan fingerprint density at radius 3 is 2.06 bits per heavy atom. The zero-order valence-corrected chi connectivity index (χ0v) is 42.2. The Bertz CT molecular complexity index is 2130. The van der Waals surface area contributed by atoms with Gasteiger partial charge in [-0.25, -0.2) is 9.36 Å². The molecule has 1 aliphatic heterocycles. The summed E-state index contributed by atoms with van der Waals surface area (Å²) in [4.78, 5) is 84.4. The van der Waals surface area contributed by atoms with Crippen molar-refractivity contribution in [2.45, 2.75) is 173 Å². The van der Waals surface area contributed by atoms with Crippen molar-refractivity contribution in [1.82, 2.24) is 16.0 Å². The predicted octanol–water partition coefficient (Wildman–Crippen LogP) is 10.4. The molecular weight excluding hydrogens is 894 g/mol. The molecule has 374 valence electrons. The van der Waals surface area contributed by atoms with Gasteiger partial charge in [0.05, 0.1) is 30.3 Å². The molecule has 14 heteroatoms. The second-order valence-electron chi connectivity index (χ2n) is 19.7. The molecule has 2 aliphatic rings. The lowest BCUT2D eigenvalue weighted by Crippen LogP contribution is -2.55. The third kappa shape index (κ3) is 17.4. The van der Waals surface area contributed by atoms with E-state index in [-0.39, 0.29) is 50.0 Å². The molecule has 1 unspecified atom stereocenters. The third-order valence-corrected chi connectivity index (χ3v) is 13.8. The maximum Gasteiger partial charge on any atom is 0.407 e. The number of rotatable bonds is 19. The van der Waals surface area contributed by atoms with Crippen LogP contribution in [0, 0.1) is 11.8 Å². The Kier molecular flexibility index (Phi) is 22.2. The van der Waals surface area contributed by atoms with Gasteiger partial charge in [0.25, 0.3) is 0 Å². The minimum Gasteiger partial charge on any atom is -0.449 e. The highest BCUT2D eigenvalue weighted by atomic mass is 31.1. The topological polar surface area (TPSA) is 183 Å². The Morgan fingerprint density at radius 2 is 1.41 bits per heavy atom. The average molecular weight is 968 g/mol. The van der Waals surface area contributed by atoms with Crippen molar-refractivity contribution >= 4 is 43.9 Å². The molecule has 1 aliphatic carbocycles. The maximum absolute atomic E-state index is 14.7. The van der Waals surface area contributed by atoms with Crippen LogP contribution in [-0.4, -0.2) is 78.3 Å². The lowest BCUT2D eigenvalue weighted by Gasteiger charge is -2.29. The zero-order valence-electron chi connectivity index (χ0n) is 41.3. The van der Waals surface area contributed by atoms with Gasteiger partial charge in [0.2, 0.25) is 11.8 Å². The van der Waals surface area contributed by atoms with Gasteiger partial charge in [-0.05, 0) is 94.0 Å². The summed E-state index contributed by atoms with van der Waals surface area (Å²) in [6.07, 6.45) is 7.55. The maximum atomic E-state index is 14.7. The molecule has 13 nitrogen and oxygen atoms in total. The number of unbranched alkanes of at least 4 members (excludes halogenated alkanes) is 5. The van der Waals surface area contributed by atoms with E-state index in [0.717, 1.165) is 67.2 Å². The number of Topliss-reactive ketones (excluding diaryl/α,β-unsaturated/α-hetero) is 3. The molecule has 0 radical (unpaired) electrons. The van der Waals surface area contributed by atoms with Crippen molar-refractivity contribution in [3.05, 3.63) is 95.6 Å². The van der Waals surface area contributed by atoms with Crippen LogP contribution in [0.1, 0.15) is 154 Å². The molecule has 5 rings (SSSR count). The van der Waals surface area contributed by atoms with Crippen LogP contribution in [0.3, 0.4) is 0 Å². The number of amides is 3. The van der Waals surface area contributed by atoms with E-state index in [1.807, 2.05) is 54.6 Å². The molecule has 69 heavy (non-hydrogen) atoms. The van der Waals surface area contributed by atoms with Crippen molar-refractivity contribution in [2.75, 3.05) is 13.2 Å². The number of carbonyl (C=O) groups excluding carboxylic acids is 6. The quantitative estimate of drug-likeness (QED) is 0.0772. The number of nitrogens with one attached hydrogen (secondary N) is 3. The van der Waals surface area contributed by atoms with Crippen LogP contribution >= 0.6 is 8.69 Å². The molecule has 3 N–H and O–H groups in total. The normalized spacial score (nSPS) is 21.6. The second-order valence-corrected chi connectivity index (χ2v) is 20.1. The van der Waals surface area contributed by atoms with Crippen molar-refractivity contribution in [2.24, 2.45) is 11.8 Å². The molecule has 3 amide bonds. The molecule has 0 spiro atoms. The van der Waals surface area contributed by atoms with Gasteiger partial charge in [0, 0.05) is 31.1 Å². The fourth-order valence-electron chi connectivity index (χ4n) is 9.44. The number of benzene rings is 3. The highest BCUT2D eigenvalue weighted by Crippen LogP contribution is 2.44. The van der Waals surface area contributed by atoms with Crippen LogP contribution in [0.15, 0.2) is 78.9 Å². The van der Waals surface area contributed by atoms with Crippen LogP contribution in [0.4, 0.5) is 4.79 Å². The van der Waals surface area contributed by atoms with E-state index in [1.165, 1.54) is 12.5 Å². The van der Waals surface area contributed by atoms with Crippen LogP contribution in [0.5, 0.6) is 0 Å². The summed E-state index contributed by atoms with van der Waals surface area (Å²) < 4.78 is 28.9. The first kappa shape index (κ1) is 54.8. The van der Waals surface area contributed by atoms with E-state index in [1.54, 1.807) is 27.7 Å². The highest BCUT2D eigenvalue weighted by molar-refractivity contribution is 7.17. The van der Waals surface area contributed by atoms with Gasteiger partial charge in [-0.1, -0.05) is 131 Å². The molecule has 3 aromatic rings. The first-order valence-corrected chi connectivity index (χ1v) is 25.9. The molecule has 1 fully saturated rings. The molecule has 0 bridgehead atoms. The lowest BCUT2D eigenvalue weighted by atomic mass is 9.87. The van der Waals surface area contributed by atoms with Crippen molar-refractivity contribution < 1.29 is 47.3 Å². The lowest BCUT2D eigenvalue weighted by molar-refractivity contribution is -0.137. The average Bonchev–Trinajstić information content (AvgIpc) is 3.65. The smallest absolute Gasteiger partial charge is 0.407 e. The molecular formula is C55H74N3O10P. The van der Waals surface area contributed by atoms with E-state index >= 15 is 0 Å². The van der Waals surface area contributed by atoms with Gasteiger partial charge in [-0.3, -0.25) is 28.5 Å². The largest absolute Gasteiger partial charge is 0.449 e. The monoisotopic (exact) mass is 968 g/mol. The van der Waals surface area contributed by atoms with Gasteiger partial charge >= 0.3 is 14.8 Å². The fourth-order valence-corrected chi connectivity index (χ4v) is 9.72. The number of fused-ring (bicyclic) bond motifs is 3. The highest BCUT2D eigenvalue weighted by Gasteiger charge is 2.37. The third-order valence-electron chi connectivity index (χ3n) is 13.4. The van der Waals surface area contributed by atoms with Gasteiger partial charge in [0.1, 0.15) is 24.5 Å². The summed E-state index contributed by atoms with van der Waals surface area (Å²) in [5, 5.41) is 8.45. The van der Waals surface area contributed by atoms with Crippen LogP contribution in [-0.2, 0) is 49.0 Å². The van der Waals surface area contributed by atoms with Gasteiger partial charge < -0.3 is 25.4 Å². The van der Waals surface area contributed by atoms with E-state index < -0.39 is 80.5 Å². The van der Waals surface area contributed by atoms with Crippen LogP contribution in [0.2, 0.25) is 0 Å². The van der Waals surface area contributed by atoms with Crippen molar-refractivity contribution in [3.63, 3.8) is 0 Å². The summed E-state index contributed by atoms with van der Waals surface area (Å²) in [7, 11) is -0.699. The van der Waals surface area contributed by atoms with Gasteiger partial charge in [0.15, 0.2) is 11.6 Å². The Morgan fingerprint density at radius 1 is 0.768 bits per heavy atom.